The van der Waals surface area contributed by atoms with Crippen molar-refractivity contribution in [2.75, 3.05) is 0 Å². The maximum absolute atomic E-state index is 12.9. The summed E-state index contributed by atoms with van der Waals surface area (Å²) in [4.78, 5) is 0. The van der Waals surface area contributed by atoms with Crippen molar-refractivity contribution in [3.8, 4) is 28.0 Å². The lowest BCUT2D eigenvalue weighted by atomic mass is 9.94. The van der Waals surface area contributed by atoms with Crippen LogP contribution in [0.2, 0.25) is 0 Å². The van der Waals surface area contributed by atoms with E-state index in [9.17, 15) is 21.6 Å². The van der Waals surface area contributed by atoms with Gasteiger partial charge in [0.1, 0.15) is 0 Å². The first-order chi connectivity index (χ1) is 14.3. The Kier molecular flexibility index (Phi) is 4.99. The lowest BCUT2D eigenvalue weighted by molar-refractivity contribution is -0.0499. The van der Waals surface area contributed by atoms with Crippen LogP contribution in [0.4, 0.5) is 13.2 Å². The van der Waals surface area contributed by atoms with E-state index >= 15 is 0 Å². The van der Waals surface area contributed by atoms with Gasteiger partial charge in [-0.05, 0) is 39.6 Å². The Balaban J connectivity index is 1.93. The van der Waals surface area contributed by atoms with E-state index in [-0.39, 0.29) is 11.3 Å². The Morgan fingerprint density at radius 3 is 1.87 bits per heavy atom. The molecule has 4 aromatic carbocycles. The molecule has 0 aliphatic carbocycles. The third-order valence-corrected chi connectivity index (χ3v) is 5.60. The van der Waals surface area contributed by atoms with Crippen molar-refractivity contribution in [1.29, 1.82) is 0 Å². The van der Waals surface area contributed by atoms with Gasteiger partial charge in [0.15, 0.2) is 5.75 Å². The third-order valence-electron chi connectivity index (χ3n) is 4.63. The van der Waals surface area contributed by atoms with Crippen molar-refractivity contribution in [2.24, 2.45) is 0 Å². The summed E-state index contributed by atoms with van der Waals surface area (Å²) in [5.74, 6) is -0.376. The van der Waals surface area contributed by atoms with Crippen LogP contribution in [0.25, 0.3) is 33.0 Å². The Morgan fingerprint density at radius 2 is 1.27 bits per heavy atom. The molecule has 7 heteroatoms. The summed E-state index contributed by atoms with van der Waals surface area (Å²) in [5, 5.41) is 1.32. The van der Waals surface area contributed by atoms with E-state index in [2.05, 4.69) is 4.18 Å². The number of hydrogen-bond acceptors (Lipinski definition) is 3. The fourth-order valence-corrected chi connectivity index (χ4v) is 3.73. The monoisotopic (exact) mass is 428 g/mol. The van der Waals surface area contributed by atoms with Gasteiger partial charge in [-0.1, -0.05) is 78.9 Å². The van der Waals surface area contributed by atoms with Gasteiger partial charge in [0.2, 0.25) is 0 Å². The van der Waals surface area contributed by atoms with Crippen LogP contribution in [0, 0.1) is 0 Å². The van der Waals surface area contributed by atoms with Crippen LogP contribution in [-0.4, -0.2) is 13.9 Å². The fourth-order valence-electron chi connectivity index (χ4n) is 3.26. The van der Waals surface area contributed by atoms with E-state index in [4.69, 9.17) is 0 Å². The molecule has 0 bridgehead atoms. The molecule has 0 heterocycles. The van der Waals surface area contributed by atoms with E-state index in [1.54, 1.807) is 42.5 Å². The molecule has 0 aromatic heterocycles. The SMILES string of the molecule is O=S(=O)(Oc1ccc2cc(-c3ccccc3)ccc2c1-c1ccccc1)C(F)(F)F. The van der Waals surface area contributed by atoms with Crippen molar-refractivity contribution in [3.63, 3.8) is 0 Å². The number of rotatable bonds is 4. The highest BCUT2D eigenvalue weighted by Crippen LogP contribution is 2.40. The predicted molar refractivity (Wildman–Crippen MR) is 110 cm³/mol. The molecular weight excluding hydrogens is 413 g/mol. The number of alkyl halides is 3. The summed E-state index contributed by atoms with van der Waals surface area (Å²) in [6.45, 7) is 0. The summed E-state index contributed by atoms with van der Waals surface area (Å²) in [5.41, 5.74) is -2.78. The van der Waals surface area contributed by atoms with Crippen LogP contribution in [0.1, 0.15) is 0 Å². The second-order valence-corrected chi connectivity index (χ2v) is 8.13. The van der Waals surface area contributed by atoms with Crippen LogP contribution in [0.5, 0.6) is 5.75 Å². The lowest BCUT2D eigenvalue weighted by Gasteiger charge is -2.16. The predicted octanol–water partition coefficient (Wildman–Crippen LogP) is 6.40. The van der Waals surface area contributed by atoms with Crippen molar-refractivity contribution in [2.45, 2.75) is 5.51 Å². The molecule has 0 aliphatic rings. The van der Waals surface area contributed by atoms with E-state index in [0.717, 1.165) is 16.5 Å². The first kappa shape index (κ1) is 20.0. The Labute approximate surface area is 171 Å². The average molecular weight is 428 g/mol. The maximum atomic E-state index is 12.9. The molecule has 0 N–H and O–H groups in total. The van der Waals surface area contributed by atoms with Gasteiger partial charge < -0.3 is 4.18 Å². The standard InChI is InChI=1S/C23H15F3O3S/c24-23(25,26)30(27,28)29-21-14-12-19-15-18(16-7-3-1-4-8-16)11-13-20(19)22(21)17-9-5-2-6-10-17/h1-15H. The highest BCUT2D eigenvalue weighted by atomic mass is 32.2. The zero-order valence-corrected chi connectivity index (χ0v) is 16.2. The molecule has 0 saturated heterocycles. The molecule has 152 valence electrons. The molecule has 0 fully saturated rings. The minimum Gasteiger partial charge on any atom is -0.375 e. The molecule has 4 rings (SSSR count). The van der Waals surface area contributed by atoms with Crippen LogP contribution in [0.15, 0.2) is 91.0 Å². The first-order valence-electron chi connectivity index (χ1n) is 8.95. The number of halogens is 3. The van der Waals surface area contributed by atoms with Gasteiger partial charge in [0.05, 0.1) is 0 Å². The van der Waals surface area contributed by atoms with E-state index in [0.29, 0.717) is 10.9 Å². The molecule has 0 saturated carbocycles. The second kappa shape index (κ2) is 7.50. The molecule has 0 amide bonds. The maximum Gasteiger partial charge on any atom is 0.534 e. The minimum atomic E-state index is -5.80. The van der Waals surface area contributed by atoms with E-state index in [1.165, 1.54) is 6.07 Å². The number of hydrogen-bond donors (Lipinski definition) is 0. The summed E-state index contributed by atoms with van der Waals surface area (Å²) >= 11 is 0. The van der Waals surface area contributed by atoms with Crippen molar-refractivity contribution >= 4 is 20.9 Å². The zero-order valence-electron chi connectivity index (χ0n) is 15.4. The highest BCUT2D eigenvalue weighted by Gasteiger charge is 2.48. The smallest absolute Gasteiger partial charge is 0.375 e. The zero-order chi connectivity index (χ0) is 21.4. The van der Waals surface area contributed by atoms with Gasteiger partial charge in [-0.2, -0.15) is 21.6 Å². The van der Waals surface area contributed by atoms with Crippen molar-refractivity contribution in [1.82, 2.24) is 0 Å². The van der Waals surface area contributed by atoms with E-state index in [1.807, 2.05) is 42.5 Å². The topological polar surface area (TPSA) is 43.4 Å². The average Bonchev–Trinajstić information content (AvgIpc) is 2.73. The van der Waals surface area contributed by atoms with Crippen molar-refractivity contribution in [3.05, 3.63) is 91.0 Å². The Morgan fingerprint density at radius 1 is 0.667 bits per heavy atom. The molecule has 30 heavy (non-hydrogen) atoms. The highest BCUT2D eigenvalue weighted by molar-refractivity contribution is 7.88. The Bertz CT molecular complexity index is 1300. The number of benzene rings is 4. The van der Waals surface area contributed by atoms with Crippen molar-refractivity contribution < 1.29 is 25.8 Å². The molecule has 4 aromatic rings. The summed E-state index contributed by atoms with van der Waals surface area (Å²) < 4.78 is 66.5. The largest absolute Gasteiger partial charge is 0.534 e. The first-order valence-corrected chi connectivity index (χ1v) is 10.4. The van der Waals surface area contributed by atoms with Gasteiger partial charge >= 0.3 is 15.6 Å². The van der Waals surface area contributed by atoms with Crippen LogP contribution in [-0.2, 0) is 10.1 Å². The van der Waals surface area contributed by atoms with E-state index < -0.39 is 15.6 Å². The third kappa shape index (κ3) is 3.76. The Hall–Kier alpha value is -3.32. The van der Waals surface area contributed by atoms with Gasteiger partial charge in [0, 0.05) is 5.56 Å². The summed E-state index contributed by atoms with van der Waals surface area (Å²) in [7, 11) is -5.80. The molecular formula is C23H15F3O3S. The summed E-state index contributed by atoms with van der Waals surface area (Å²) in [6.07, 6.45) is 0. The second-order valence-electron chi connectivity index (χ2n) is 6.59. The van der Waals surface area contributed by atoms with Gasteiger partial charge in [0.25, 0.3) is 0 Å². The lowest BCUT2D eigenvalue weighted by Crippen LogP contribution is -2.28. The quantitative estimate of drug-likeness (QED) is 0.279. The van der Waals surface area contributed by atoms with Gasteiger partial charge in [-0.25, -0.2) is 0 Å². The minimum absolute atomic E-state index is 0.278. The molecule has 3 nitrogen and oxygen atoms in total. The normalized spacial score (nSPS) is 12.1. The number of fused-ring (bicyclic) bond motifs is 1. The molecule has 0 atom stereocenters. The summed E-state index contributed by atoms with van der Waals surface area (Å²) in [6, 6.07) is 26.5. The van der Waals surface area contributed by atoms with Crippen LogP contribution >= 0.6 is 0 Å². The molecule has 0 aliphatic heterocycles. The van der Waals surface area contributed by atoms with Crippen LogP contribution < -0.4 is 4.18 Å². The van der Waals surface area contributed by atoms with Gasteiger partial charge in [-0.3, -0.25) is 0 Å². The molecule has 0 spiro atoms. The van der Waals surface area contributed by atoms with Crippen LogP contribution in [0.3, 0.4) is 0 Å². The van der Waals surface area contributed by atoms with Gasteiger partial charge in [-0.15, -0.1) is 0 Å². The molecule has 0 unspecified atom stereocenters. The fraction of sp³-hybridized carbons (Fsp3) is 0.0435. The molecule has 0 radical (unpaired) electrons.